The molecule has 0 fully saturated rings. The van der Waals surface area contributed by atoms with Crippen molar-refractivity contribution in [2.24, 2.45) is 5.92 Å². The van der Waals surface area contributed by atoms with E-state index < -0.39 is 29.3 Å². The number of nitrogens with zero attached hydrogens (tertiary/aromatic N) is 2. The predicted molar refractivity (Wildman–Crippen MR) is 136 cm³/mol. The maximum atomic E-state index is 14.1. The molecule has 0 aliphatic carbocycles. The number of nitrogens with one attached hydrogen (secondary N) is 1. The van der Waals surface area contributed by atoms with Crippen molar-refractivity contribution in [2.75, 3.05) is 6.54 Å². The van der Waals surface area contributed by atoms with E-state index in [1.165, 1.54) is 19.2 Å². The summed E-state index contributed by atoms with van der Waals surface area (Å²) in [6.07, 6.45) is 4.51. The third-order valence-electron chi connectivity index (χ3n) is 5.90. The van der Waals surface area contributed by atoms with E-state index >= 15 is 0 Å². The van der Waals surface area contributed by atoms with Gasteiger partial charge in [0.05, 0.1) is 12.6 Å². The minimum Gasteiger partial charge on any atom is -0.425 e. The normalized spacial score (nSPS) is 11.9. The molecule has 1 atom stereocenters. The molecule has 1 amide bonds. The molecule has 3 rings (SSSR count). The molecule has 7 nitrogen and oxygen atoms in total. The molecule has 2 aromatic heterocycles. The van der Waals surface area contributed by atoms with Gasteiger partial charge in [0, 0.05) is 30.6 Å². The molecular weight excluding hydrogens is 461 g/mol. The Labute approximate surface area is 210 Å². The van der Waals surface area contributed by atoms with Gasteiger partial charge in [0.1, 0.15) is 17.6 Å². The van der Waals surface area contributed by atoms with Gasteiger partial charge in [0.15, 0.2) is 0 Å². The molecule has 0 aliphatic heterocycles. The van der Waals surface area contributed by atoms with E-state index in [-0.39, 0.29) is 24.4 Å². The molecule has 1 aromatic carbocycles. The highest BCUT2D eigenvalue weighted by atomic mass is 19.1. The molecule has 0 saturated carbocycles. The van der Waals surface area contributed by atoms with E-state index in [0.717, 1.165) is 33.0 Å². The summed E-state index contributed by atoms with van der Waals surface area (Å²) in [4.78, 5) is 41.9. The van der Waals surface area contributed by atoms with Crippen molar-refractivity contribution in [1.82, 2.24) is 14.9 Å². The lowest BCUT2D eigenvalue weighted by Crippen LogP contribution is -2.39. The van der Waals surface area contributed by atoms with E-state index in [9.17, 15) is 18.8 Å². The van der Waals surface area contributed by atoms with Gasteiger partial charge in [0.2, 0.25) is 5.91 Å². The molecule has 1 unspecified atom stereocenters. The summed E-state index contributed by atoms with van der Waals surface area (Å²) < 4.78 is 20.7. The maximum Gasteiger partial charge on any atom is 0.313 e. The van der Waals surface area contributed by atoms with E-state index in [4.69, 9.17) is 4.74 Å². The fourth-order valence-electron chi connectivity index (χ4n) is 4.12. The molecule has 0 radical (unpaired) electrons. The van der Waals surface area contributed by atoms with Gasteiger partial charge >= 0.3 is 5.97 Å². The third kappa shape index (κ3) is 6.65. The molecule has 190 valence electrons. The highest BCUT2D eigenvalue weighted by Crippen LogP contribution is 2.29. The first-order valence-corrected chi connectivity index (χ1v) is 11.9. The smallest absolute Gasteiger partial charge is 0.313 e. The molecule has 8 heteroatoms. The number of aromatic nitrogens is 2. The predicted octanol–water partition coefficient (Wildman–Crippen LogP) is 4.67. The molecule has 0 aliphatic rings. The summed E-state index contributed by atoms with van der Waals surface area (Å²) in [6.45, 7) is 9.35. The Kier molecular flexibility index (Phi) is 8.74. The topological polar surface area (TPSA) is 90.3 Å². The van der Waals surface area contributed by atoms with Gasteiger partial charge in [-0.2, -0.15) is 0 Å². The number of rotatable bonds is 9. The lowest BCUT2D eigenvalue weighted by atomic mass is 9.97. The summed E-state index contributed by atoms with van der Waals surface area (Å²) in [6, 6.07) is 8.05. The van der Waals surface area contributed by atoms with Crippen LogP contribution < -0.4 is 15.6 Å². The molecule has 0 saturated heterocycles. The molecule has 2 heterocycles. The van der Waals surface area contributed by atoms with Gasteiger partial charge in [0.25, 0.3) is 5.56 Å². The number of benzene rings is 1. The molecule has 0 spiro atoms. The number of halogens is 1. The lowest BCUT2D eigenvalue weighted by Gasteiger charge is -2.21. The van der Waals surface area contributed by atoms with Gasteiger partial charge in [-0.05, 0) is 61.4 Å². The van der Waals surface area contributed by atoms with Crippen LogP contribution in [0.25, 0.3) is 11.1 Å². The first kappa shape index (κ1) is 26.8. The Morgan fingerprint density at radius 3 is 2.44 bits per heavy atom. The van der Waals surface area contributed by atoms with Crippen LogP contribution in [0.2, 0.25) is 0 Å². The van der Waals surface area contributed by atoms with Crippen molar-refractivity contribution < 1.29 is 18.7 Å². The minimum atomic E-state index is -0.887. The second kappa shape index (κ2) is 11.7. The van der Waals surface area contributed by atoms with Crippen LogP contribution in [0.1, 0.15) is 49.4 Å². The fourth-order valence-corrected chi connectivity index (χ4v) is 4.12. The number of hydrogen-bond donors (Lipinski definition) is 1. The zero-order valence-electron chi connectivity index (χ0n) is 21.3. The van der Waals surface area contributed by atoms with Crippen LogP contribution in [0.5, 0.6) is 5.75 Å². The number of pyridine rings is 2. The van der Waals surface area contributed by atoms with E-state index in [2.05, 4.69) is 10.3 Å². The van der Waals surface area contributed by atoms with E-state index in [0.29, 0.717) is 12.2 Å². The van der Waals surface area contributed by atoms with Crippen LogP contribution in [0, 0.1) is 32.5 Å². The van der Waals surface area contributed by atoms with Crippen LogP contribution in [0.3, 0.4) is 0 Å². The zero-order chi connectivity index (χ0) is 26.4. The monoisotopic (exact) mass is 493 g/mol. The molecule has 36 heavy (non-hydrogen) atoms. The second-order valence-corrected chi connectivity index (χ2v) is 9.39. The van der Waals surface area contributed by atoms with Gasteiger partial charge in [-0.25, -0.2) is 4.39 Å². The summed E-state index contributed by atoms with van der Waals surface area (Å²) in [5.74, 6) is -1.16. The van der Waals surface area contributed by atoms with Crippen LogP contribution >= 0.6 is 0 Å². The average molecular weight is 494 g/mol. The standard InChI is InChI=1S/C28H32FN3O4/c1-17(2)11-24(32-16-23(29)20(5)12-25(32)33)28(35)31-10-9-26(34)36-22-13-21(14-30-15-22)27-18(3)7-6-8-19(27)4/h6-8,12-17,24H,9-11H2,1-5H3,(H,31,35). The van der Waals surface area contributed by atoms with Crippen LogP contribution in [-0.2, 0) is 9.59 Å². The van der Waals surface area contributed by atoms with Gasteiger partial charge in [-0.1, -0.05) is 32.0 Å². The van der Waals surface area contributed by atoms with Gasteiger partial charge < -0.3 is 14.6 Å². The van der Waals surface area contributed by atoms with E-state index in [1.54, 1.807) is 12.3 Å². The zero-order valence-corrected chi connectivity index (χ0v) is 21.3. The number of aryl methyl sites for hydroxylation is 3. The maximum absolute atomic E-state index is 14.1. The SMILES string of the molecule is Cc1cc(=O)n(C(CC(C)C)C(=O)NCCC(=O)Oc2cncc(-c3c(C)cccc3C)c2)cc1F. The first-order valence-electron chi connectivity index (χ1n) is 11.9. The quantitative estimate of drug-likeness (QED) is 0.438. The highest BCUT2D eigenvalue weighted by Gasteiger charge is 2.23. The average Bonchev–Trinajstić information content (AvgIpc) is 2.80. The summed E-state index contributed by atoms with van der Waals surface area (Å²) in [5.41, 5.74) is 3.83. The second-order valence-electron chi connectivity index (χ2n) is 9.39. The van der Waals surface area contributed by atoms with Gasteiger partial charge in [-0.15, -0.1) is 0 Å². The number of amides is 1. The van der Waals surface area contributed by atoms with Crippen molar-refractivity contribution in [3.05, 3.63) is 81.8 Å². The molecular formula is C28H32FN3O4. The summed E-state index contributed by atoms with van der Waals surface area (Å²) in [5, 5.41) is 2.68. The molecule has 3 aromatic rings. The number of ether oxygens (including phenoxy) is 1. The molecule has 0 bridgehead atoms. The number of carbonyl (C=O) groups excluding carboxylic acids is 2. The fraction of sp³-hybridized carbons (Fsp3) is 0.357. The van der Waals surface area contributed by atoms with Crippen LogP contribution in [0.4, 0.5) is 4.39 Å². The molecule has 1 N–H and O–H groups in total. The van der Waals surface area contributed by atoms with Crippen molar-refractivity contribution in [2.45, 2.75) is 53.5 Å². The Morgan fingerprint density at radius 1 is 1.08 bits per heavy atom. The van der Waals surface area contributed by atoms with Crippen molar-refractivity contribution in [3.8, 4) is 16.9 Å². The number of carbonyl (C=O) groups is 2. The largest absolute Gasteiger partial charge is 0.425 e. The van der Waals surface area contributed by atoms with Crippen LogP contribution in [-0.4, -0.2) is 28.0 Å². The highest BCUT2D eigenvalue weighted by molar-refractivity contribution is 5.81. The number of hydrogen-bond acceptors (Lipinski definition) is 5. The summed E-state index contributed by atoms with van der Waals surface area (Å²) >= 11 is 0. The lowest BCUT2D eigenvalue weighted by molar-refractivity contribution is -0.134. The van der Waals surface area contributed by atoms with Crippen molar-refractivity contribution in [3.63, 3.8) is 0 Å². The van der Waals surface area contributed by atoms with Crippen molar-refractivity contribution >= 4 is 11.9 Å². The van der Waals surface area contributed by atoms with Crippen molar-refractivity contribution in [1.29, 1.82) is 0 Å². The number of esters is 1. The third-order valence-corrected chi connectivity index (χ3v) is 5.90. The minimum absolute atomic E-state index is 0.0133. The van der Waals surface area contributed by atoms with E-state index in [1.807, 2.05) is 45.9 Å². The Morgan fingerprint density at radius 2 is 1.78 bits per heavy atom. The van der Waals surface area contributed by atoms with Crippen LogP contribution in [0.15, 0.2) is 53.7 Å². The Bertz CT molecular complexity index is 1300. The first-order chi connectivity index (χ1) is 17.1. The summed E-state index contributed by atoms with van der Waals surface area (Å²) in [7, 11) is 0. The Balaban J connectivity index is 1.63. The van der Waals surface area contributed by atoms with Gasteiger partial charge in [-0.3, -0.25) is 19.4 Å². The Hall–Kier alpha value is -3.81.